The van der Waals surface area contributed by atoms with Gasteiger partial charge in [0.15, 0.2) is 0 Å². The Morgan fingerprint density at radius 3 is 2.52 bits per heavy atom. The van der Waals surface area contributed by atoms with Gasteiger partial charge in [0.2, 0.25) is 5.91 Å². The minimum Gasteiger partial charge on any atom is -0.444 e. The number of likely N-dealkylation sites (tertiary alicyclic amines) is 1. The molecule has 2 rings (SSSR count). The second kappa shape index (κ2) is 9.34. The largest absolute Gasteiger partial charge is 0.444 e. The van der Waals surface area contributed by atoms with Gasteiger partial charge in [0, 0.05) is 44.1 Å². The molecule has 1 saturated heterocycles. The van der Waals surface area contributed by atoms with Crippen LogP contribution in [0, 0.1) is 5.92 Å². The van der Waals surface area contributed by atoms with Crippen LogP contribution in [0.15, 0.2) is 24.5 Å². The highest BCUT2D eigenvalue weighted by molar-refractivity contribution is 5.94. The van der Waals surface area contributed by atoms with Crippen LogP contribution in [-0.4, -0.2) is 59.6 Å². The molecule has 8 heteroatoms. The maximum Gasteiger partial charge on any atom is 0.407 e. The summed E-state index contributed by atoms with van der Waals surface area (Å²) in [5, 5.41) is 5.41. The van der Waals surface area contributed by atoms with Gasteiger partial charge in [-0.15, -0.1) is 0 Å². The lowest BCUT2D eigenvalue weighted by Gasteiger charge is -2.32. The molecule has 0 aromatic carbocycles. The Balaban J connectivity index is 1.75. The standard InChI is InChI=1S/C19H28N4O4/c1-19(2,3)27-18(26)22-11-10-21-16(24)15-5-4-12-23(13-15)17(25)14-6-8-20-9-7-14/h6-9,15H,4-5,10-13H2,1-3H3,(H,21,24)(H,22,26)/t15-/m1/s1. The van der Waals surface area contributed by atoms with E-state index < -0.39 is 11.7 Å². The Labute approximate surface area is 159 Å². The summed E-state index contributed by atoms with van der Waals surface area (Å²) in [7, 11) is 0. The lowest BCUT2D eigenvalue weighted by atomic mass is 9.96. The van der Waals surface area contributed by atoms with Gasteiger partial charge in [0.1, 0.15) is 5.60 Å². The summed E-state index contributed by atoms with van der Waals surface area (Å²) >= 11 is 0. The molecule has 0 bridgehead atoms. The summed E-state index contributed by atoms with van der Waals surface area (Å²) in [6.45, 7) is 7.00. The summed E-state index contributed by atoms with van der Waals surface area (Å²) < 4.78 is 5.13. The molecule has 2 heterocycles. The second-order valence-corrected chi connectivity index (χ2v) is 7.55. The number of carbonyl (C=O) groups excluding carboxylic acids is 3. The first-order chi connectivity index (χ1) is 12.8. The molecule has 1 fully saturated rings. The monoisotopic (exact) mass is 376 g/mol. The molecule has 1 aromatic rings. The fraction of sp³-hybridized carbons (Fsp3) is 0.579. The van der Waals surface area contributed by atoms with Crippen molar-refractivity contribution >= 4 is 17.9 Å². The molecule has 0 aliphatic carbocycles. The number of rotatable bonds is 5. The van der Waals surface area contributed by atoms with Gasteiger partial charge in [0.25, 0.3) is 5.91 Å². The Kier molecular flexibility index (Phi) is 7.15. The van der Waals surface area contributed by atoms with Crippen molar-refractivity contribution in [2.24, 2.45) is 5.92 Å². The second-order valence-electron chi connectivity index (χ2n) is 7.55. The summed E-state index contributed by atoms with van der Waals surface area (Å²) in [6, 6.07) is 3.35. The number of amides is 3. The van der Waals surface area contributed by atoms with Crippen molar-refractivity contribution in [3.8, 4) is 0 Å². The van der Waals surface area contributed by atoms with Gasteiger partial charge in [-0.1, -0.05) is 0 Å². The first-order valence-electron chi connectivity index (χ1n) is 9.20. The van der Waals surface area contributed by atoms with Gasteiger partial charge in [-0.2, -0.15) is 0 Å². The third-order valence-corrected chi connectivity index (χ3v) is 4.10. The number of hydrogen-bond acceptors (Lipinski definition) is 5. The summed E-state index contributed by atoms with van der Waals surface area (Å²) in [5.74, 6) is -0.430. The highest BCUT2D eigenvalue weighted by Gasteiger charge is 2.28. The highest BCUT2D eigenvalue weighted by Crippen LogP contribution is 2.18. The molecule has 2 N–H and O–H groups in total. The van der Waals surface area contributed by atoms with Crippen LogP contribution in [0.25, 0.3) is 0 Å². The van der Waals surface area contributed by atoms with Crippen LogP contribution >= 0.6 is 0 Å². The zero-order valence-electron chi connectivity index (χ0n) is 16.2. The fourth-order valence-electron chi connectivity index (χ4n) is 2.86. The third kappa shape index (κ3) is 6.88. The van der Waals surface area contributed by atoms with E-state index in [2.05, 4.69) is 15.6 Å². The quantitative estimate of drug-likeness (QED) is 0.760. The predicted molar refractivity (Wildman–Crippen MR) is 100 cm³/mol. The summed E-state index contributed by atoms with van der Waals surface area (Å²) in [5.41, 5.74) is 0.0212. The van der Waals surface area contributed by atoms with Crippen LogP contribution in [0.1, 0.15) is 44.0 Å². The van der Waals surface area contributed by atoms with E-state index in [1.807, 2.05) is 0 Å². The number of carbonyl (C=O) groups is 3. The fourth-order valence-corrected chi connectivity index (χ4v) is 2.86. The van der Waals surface area contributed by atoms with Gasteiger partial charge < -0.3 is 20.3 Å². The maximum absolute atomic E-state index is 12.5. The Morgan fingerprint density at radius 1 is 1.19 bits per heavy atom. The number of piperidine rings is 1. The molecule has 1 aliphatic rings. The number of pyridine rings is 1. The Morgan fingerprint density at radius 2 is 1.85 bits per heavy atom. The molecule has 27 heavy (non-hydrogen) atoms. The van der Waals surface area contributed by atoms with E-state index in [0.717, 1.165) is 12.8 Å². The Bertz CT molecular complexity index is 657. The topological polar surface area (TPSA) is 101 Å². The van der Waals surface area contributed by atoms with E-state index >= 15 is 0 Å². The lowest BCUT2D eigenvalue weighted by molar-refractivity contribution is -0.126. The average molecular weight is 376 g/mol. The number of alkyl carbamates (subject to hydrolysis) is 1. The van der Waals surface area contributed by atoms with Gasteiger partial charge in [-0.3, -0.25) is 14.6 Å². The molecule has 0 spiro atoms. The zero-order valence-corrected chi connectivity index (χ0v) is 16.2. The van der Waals surface area contributed by atoms with E-state index in [1.165, 1.54) is 0 Å². The van der Waals surface area contributed by atoms with Crippen molar-refractivity contribution in [2.75, 3.05) is 26.2 Å². The number of ether oxygens (including phenoxy) is 1. The molecular weight excluding hydrogens is 348 g/mol. The van der Waals surface area contributed by atoms with Crippen LogP contribution in [-0.2, 0) is 9.53 Å². The molecule has 0 unspecified atom stereocenters. The zero-order chi connectivity index (χ0) is 19.9. The maximum atomic E-state index is 12.5. The molecule has 8 nitrogen and oxygen atoms in total. The lowest BCUT2D eigenvalue weighted by Crippen LogP contribution is -2.46. The summed E-state index contributed by atoms with van der Waals surface area (Å²) in [4.78, 5) is 42.1. The van der Waals surface area contributed by atoms with E-state index in [1.54, 1.807) is 50.2 Å². The molecule has 3 amide bonds. The smallest absolute Gasteiger partial charge is 0.407 e. The molecular formula is C19H28N4O4. The predicted octanol–water partition coefficient (Wildman–Crippen LogP) is 1.57. The highest BCUT2D eigenvalue weighted by atomic mass is 16.6. The SMILES string of the molecule is CC(C)(C)OC(=O)NCCNC(=O)[C@@H]1CCCN(C(=O)c2ccncc2)C1. The van der Waals surface area contributed by atoms with E-state index in [4.69, 9.17) is 4.74 Å². The first kappa shape index (κ1) is 20.7. The molecule has 0 radical (unpaired) electrons. The number of hydrogen-bond donors (Lipinski definition) is 2. The molecule has 1 atom stereocenters. The molecule has 1 aliphatic heterocycles. The van der Waals surface area contributed by atoms with E-state index in [9.17, 15) is 14.4 Å². The van der Waals surface area contributed by atoms with Gasteiger partial charge in [-0.25, -0.2) is 4.79 Å². The van der Waals surface area contributed by atoms with Crippen molar-refractivity contribution in [3.63, 3.8) is 0 Å². The molecule has 148 valence electrons. The van der Waals surface area contributed by atoms with Crippen LogP contribution in [0.2, 0.25) is 0 Å². The van der Waals surface area contributed by atoms with Crippen molar-refractivity contribution in [3.05, 3.63) is 30.1 Å². The van der Waals surface area contributed by atoms with Crippen molar-refractivity contribution in [1.29, 1.82) is 0 Å². The number of aromatic nitrogens is 1. The number of nitrogens with zero attached hydrogens (tertiary/aromatic N) is 2. The minimum atomic E-state index is -0.555. The normalized spacial score (nSPS) is 17.1. The average Bonchev–Trinajstić information content (AvgIpc) is 2.64. The van der Waals surface area contributed by atoms with Crippen LogP contribution in [0.3, 0.4) is 0 Å². The van der Waals surface area contributed by atoms with Crippen molar-refractivity contribution in [2.45, 2.75) is 39.2 Å². The minimum absolute atomic E-state index is 0.0820. The van der Waals surface area contributed by atoms with E-state index in [0.29, 0.717) is 25.2 Å². The van der Waals surface area contributed by atoms with E-state index in [-0.39, 0.29) is 24.3 Å². The Hall–Kier alpha value is -2.64. The van der Waals surface area contributed by atoms with Crippen molar-refractivity contribution < 1.29 is 19.1 Å². The van der Waals surface area contributed by atoms with Gasteiger partial charge in [-0.05, 0) is 45.7 Å². The number of nitrogens with one attached hydrogen (secondary N) is 2. The third-order valence-electron chi connectivity index (χ3n) is 4.10. The van der Waals surface area contributed by atoms with Gasteiger partial charge >= 0.3 is 6.09 Å². The van der Waals surface area contributed by atoms with Gasteiger partial charge in [0.05, 0.1) is 5.92 Å². The van der Waals surface area contributed by atoms with Crippen LogP contribution < -0.4 is 10.6 Å². The molecule has 1 aromatic heterocycles. The molecule has 0 saturated carbocycles. The van der Waals surface area contributed by atoms with Crippen molar-refractivity contribution in [1.82, 2.24) is 20.5 Å². The first-order valence-corrected chi connectivity index (χ1v) is 9.20. The van der Waals surface area contributed by atoms with Crippen LogP contribution in [0.4, 0.5) is 4.79 Å². The van der Waals surface area contributed by atoms with Crippen LogP contribution in [0.5, 0.6) is 0 Å². The summed E-state index contributed by atoms with van der Waals surface area (Å²) in [6.07, 6.45) is 4.18.